The number of nitrogens with one attached hydrogen (secondary N) is 1. The van der Waals surface area contributed by atoms with Crippen molar-refractivity contribution in [3.8, 4) is 0 Å². The highest BCUT2D eigenvalue weighted by molar-refractivity contribution is 5.13. The van der Waals surface area contributed by atoms with E-state index < -0.39 is 17.1 Å². The average Bonchev–Trinajstić information content (AvgIpc) is 1.97. The molecular formula is C7H7F2NO. The van der Waals surface area contributed by atoms with Gasteiger partial charge in [-0.15, -0.1) is 0 Å². The standard InChI is InChI=1S/C7H7F2NO/c1-3-5(8)7(11)6(9)4(2)10-3/h1-2H3,(H,10,11). The van der Waals surface area contributed by atoms with Crippen LogP contribution in [0.5, 0.6) is 0 Å². The highest BCUT2D eigenvalue weighted by atomic mass is 19.1. The molecule has 1 aromatic heterocycles. The van der Waals surface area contributed by atoms with Crippen LogP contribution < -0.4 is 5.43 Å². The first kappa shape index (κ1) is 7.91. The quantitative estimate of drug-likeness (QED) is 0.607. The molecule has 1 heterocycles. The van der Waals surface area contributed by atoms with Gasteiger partial charge in [0.1, 0.15) is 0 Å². The van der Waals surface area contributed by atoms with Gasteiger partial charge in [0, 0.05) is 0 Å². The Balaban J connectivity index is 3.59. The summed E-state index contributed by atoms with van der Waals surface area (Å²) in [4.78, 5) is 13.0. The largest absolute Gasteiger partial charge is 0.358 e. The topological polar surface area (TPSA) is 32.9 Å². The number of halogens is 2. The summed E-state index contributed by atoms with van der Waals surface area (Å²) >= 11 is 0. The summed E-state index contributed by atoms with van der Waals surface area (Å²) < 4.78 is 25.2. The molecule has 0 bridgehead atoms. The van der Waals surface area contributed by atoms with Crippen molar-refractivity contribution in [2.45, 2.75) is 13.8 Å². The number of hydrogen-bond acceptors (Lipinski definition) is 1. The smallest absolute Gasteiger partial charge is 0.253 e. The van der Waals surface area contributed by atoms with Crippen LogP contribution in [-0.4, -0.2) is 4.98 Å². The molecule has 0 aromatic carbocycles. The normalized spacial score (nSPS) is 10.2. The van der Waals surface area contributed by atoms with Gasteiger partial charge in [-0.2, -0.15) is 0 Å². The summed E-state index contributed by atoms with van der Waals surface area (Å²) in [6.07, 6.45) is 0. The molecule has 0 atom stereocenters. The number of aryl methyl sites for hydroxylation is 2. The van der Waals surface area contributed by atoms with Crippen LogP contribution in [0.3, 0.4) is 0 Å². The Bertz CT molecular complexity index is 314. The first-order chi connectivity index (χ1) is 5.04. The van der Waals surface area contributed by atoms with E-state index in [0.717, 1.165) is 0 Å². The molecule has 0 aliphatic heterocycles. The van der Waals surface area contributed by atoms with Crippen LogP contribution in [-0.2, 0) is 0 Å². The van der Waals surface area contributed by atoms with Crippen LogP contribution in [0.4, 0.5) is 8.78 Å². The van der Waals surface area contributed by atoms with Crippen molar-refractivity contribution in [3.63, 3.8) is 0 Å². The van der Waals surface area contributed by atoms with Gasteiger partial charge in [-0.3, -0.25) is 4.79 Å². The summed E-state index contributed by atoms with van der Waals surface area (Å²) in [7, 11) is 0. The van der Waals surface area contributed by atoms with Gasteiger partial charge in [-0.25, -0.2) is 8.78 Å². The van der Waals surface area contributed by atoms with Crippen LogP contribution in [0.1, 0.15) is 11.4 Å². The molecule has 4 heteroatoms. The monoisotopic (exact) mass is 159 g/mol. The minimum Gasteiger partial charge on any atom is -0.358 e. The van der Waals surface area contributed by atoms with Crippen molar-refractivity contribution in [2.24, 2.45) is 0 Å². The Hall–Kier alpha value is -1.19. The van der Waals surface area contributed by atoms with Gasteiger partial charge in [-0.05, 0) is 13.8 Å². The zero-order valence-electron chi connectivity index (χ0n) is 6.16. The van der Waals surface area contributed by atoms with E-state index in [1.54, 1.807) is 0 Å². The van der Waals surface area contributed by atoms with Gasteiger partial charge in [0.25, 0.3) is 5.43 Å². The molecule has 1 aromatic rings. The maximum Gasteiger partial charge on any atom is 0.253 e. The number of H-pyrrole nitrogens is 1. The van der Waals surface area contributed by atoms with E-state index in [1.807, 2.05) is 0 Å². The molecule has 0 saturated carbocycles. The fraction of sp³-hybridized carbons (Fsp3) is 0.286. The van der Waals surface area contributed by atoms with E-state index >= 15 is 0 Å². The van der Waals surface area contributed by atoms with Crippen LogP contribution in [0, 0.1) is 25.5 Å². The van der Waals surface area contributed by atoms with Crippen molar-refractivity contribution in [1.29, 1.82) is 0 Å². The summed E-state index contributed by atoms with van der Waals surface area (Å²) in [6, 6.07) is 0. The summed E-state index contributed by atoms with van der Waals surface area (Å²) in [5.41, 5.74) is -1.04. The third kappa shape index (κ3) is 1.15. The molecule has 60 valence electrons. The van der Waals surface area contributed by atoms with E-state index in [0.29, 0.717) is 0 Å². The molecule has 0 saturated heterocycles. The molecule has 0 radical (unpaired) electrons. The number of pyridine rings is 1. The Morgan fingerprint density at radius 3 is 1.82 bits per heavy atom. The molecule has 0 aliphatic carbocycles. The third-order valence-corrected chi connectivity index (χ3v) is 1.43. The lowest BCUT2D eigenvalue weighted by Gasteiger charge is -1.99. The summed E-state index contributed by atoms with van der Waals surface area (Å²) in [5.74, 6) is -2.10. The number of aromatic nitrogens is 1. The van der Waals surface area contributed by atoms with Gasteiger partial charge in [0.05, 0.1) is 11.4 Å². The van der Waals surface area contributed by atoms with Crippen molar-refractivity contribution in [1.82, 2.24) is 4.98 Å². The van der Waals surface area contributed by atoms with Crippen molar-refractivity contribution >= 4 is 0 Å². The van der Waals surface area contributed by atoms with Gasteiger partial charge in [-0.1, -0.05) is 0 Å². The van der Waals surface area contributed by atoms with Crippen molar-refractivity contribution < 1.29 is 8.78 Å². The molecule has 1 rings (SSSR count). The molecule has 0 amide bonds. The lowest BCUT2D eigenvalue weighted by Crippen LogP contribution is -2.16. The van der Waals surface area contributed by atoms with Gasteiger partial charge in [0.2, 0.25) is 0 Å². The van der Waals surface area contributed by atoms with Crippen LogP contribution >= 0.6 is 0 Å². The van der Waals surface area contributed by atoms with Crippen molar-refractivity contribution in [2.75, 3.05) is 0 Å². The maximum absolute atomic E-state index is 12.6. The summed E-state index contributed by atoms with van der Waals surface area (Å²) in [5, 5.41) is 0. The molecule has 2 nitrogen and oxygen atoms in total. The SMILES string of the molecule is Cc1[nH]c(C)c(F)c(=O)c1F. The van der Waals surface area contributed by atoms with E-state index in [1.165, 1.54) is 13.8 Å². The van der Waals surface area contributed by atoms with Crippen LogP contribution in [0.25, 0.3) is 0 Å². The zero-order chi connectivity index (χ0) is 8.59. The third-order valence-electron chi connectivity index (χ3n) is 1.43. The average molecular weight is 159 g/mol. The first-order valence-electron chi connectivity index (χ1n) is 3.08. The van der Waals surface area contributed by atoms with E-state index in [9.17, 15) is 13.6 Å². The second kappa shape index (κ2) is 2.45. The van der Waals surface area contributed by atoms with E-state index in [2.05, 4.69) is 4.98 Å². The van der Waals surface area contributed by atoms with Crippen molar-refractivity contribution in [3.05, 3.63) is 33.2 Å². The van der Waals surface area contributed by atoms with E-state index in [4.69, 9.17) is 0 Å². The second-order valence-electron chi connectivity index (χ2n) is 2.33. The van der Waals surface area contributed by atoms with Gasteiger partial charge < -0.3 is 4.98 Å². The number of rotatable bonds is 0. The minimum atomic E-state index is -1.17. The number of hydrogen-bond donors (Lipinski definition) is 1. The predicted molar refractivity (Wildman–Crippen MR) is 36.5 cm³/mol. The second-order valence-corrected chi connectivity index (χ2v) is 2.33. The first-order valence-corrected chi connectivity index (χ1v) is 3.08. The Morgan fingerprint density at radius 2 is 1.45 bits per heavy atom. The lowest BCUT2D eigenvalue weighted by atomic mass is 10.3. The minimum absolute atomic E-state index is 0.0638. The van der Waals surface area contributed by atoms with Gasteiger partial charge >= 0.3 is 0 Å². The zero-order valence-corrected chi connectivity index (χ0v) is 6.16. The molecule has 0 spiro atoms. The van der Waals surface area contributed by atoms with Crippen LogP contribution in [0.2, 0.25) is 0 Å². The molecule has 1 N–H and O–H groups in total. The molecule has 11 heavy (non-hydrogen) atoms. The summed E-state index contributed by atoms with van der Waals surface area (Å²) in [6.45, 7) is 2.76. The predicted octanol–water partition coefficient (Wildman–Crippen LogP) is 1.27. The Morgan fingerprint density at radius 1 is 1.09 bits per heavy atom. The fourth-order valence-electron chi connectivity index (χ4n) is 0.828. The number of aromatic amines is 1. The molecular weight excluding hydrogens is 152 g/mol. The Kier molecular flexibility index (Phi) is 1.76. The maximum atomic E-state index is 12.6. The highest BCUT2D eigenvalue weighted by Gasteiger charge is 2.10. The van der Waals surface area contributed by atoms with Crippen LogP contribution in [0.15, 0.2) is 4.79 Å². The van der Waals surface area contributed by atoms with E-state index in [-0.39, 0.29) is 11.4 Å². The fourth-order valence-corrected chi connectivity index (χ4v) is 0.828. The van der Waals surface area contributed by atoms with Gasteiger partial charge in [0.15, 0.2) is 11.6 Å². The highest BCUT2D eigenvalue weighted by Crippen LogP contribution is 2.01. The Labute approximate surface area is 61.9 Å². The molecule has 0 unspecified atom stereocenters. The molecule has 0 fully saturated rings. The molecule has 0 aliphatic rings. The lowest BCUT2D eigenvalue weighted by molar-refractivity contribution is 0.540.